The van der Waals surface area contributed by atoms with Crippen LogP contribution in [0.5, 0.6) is 0 Å². The predicted octanol–water partition coefficient (Wildman–Crippen LogP) is 0.729. The quantitative estimate of drug-likeness (QED) is 0.595. The van der Waals surface area contributed by atoms with Gasteiger partial charge in [0, 0.05) is 24.7 Å². The van der Waals surface area contributed by atoms with Gasteiger partial charge in [-0.2, -0.15) is 0 Å². The van der Waals surface area contributed by atoms with Crippen molar-refractivity contribution >= 4 is 5.97 Å². The standard InChI is InChI=1S/C12H16O4/c13-10-3-2-8-7-1-4-11(14)16-9(7)5-6-12(8,10)15/h5,7-8,10,13,15H,1-4,6H2. The summed E-state index contributed by atoms with van der Waals surface area (Å²) in [6.45, 7) is 0. The molecule has 3 aliphatic rings. The van der Waals surface area contributed by atoms with Crippen LogP contribution in [0, 0.1) is 11.8 Å². The maximum atomic E-state index is 11.2. The fraction of sp³-hybridized carbons (Fsp3) is 0.750. The van der Waals surface area contributed by atoms with Gasteiger partial charge >= 0.3 is 5.97 Å². The summed E-state index contributed by atoms with van der Waals surface area (Å²) in [5.74, 6) is 0.718. The van der Waals surface area contributed by atoms with Crippen molar-refractivity contribution in [3.63, 3.8) is 0 Å². The summed E-state index contributed by atoms with van der Waals surface area (Å²) in [5, 5.41) is 20.3. The number of hydrogen-bond donors (Lipinski definition) is 2. The first-order valence-electron chi connectivity index (χ1n) is 5.92. The number of aliphatic hydroxyl groups excluding tert-OH is 1. The molecule has 1 saturated heterocycles. The number of carbonyl (C=O) groups excluding carboxylic acids is 1. The molecule has 88 valence electrons. The second-order valence-electron chi connectivity index (χ2n) is 5.12. The first-order chi connectivity index (χ1) is 7.61. The van der Waals surface area contributed by atoms with E-state index in [-0.39, 0.29) is 17.8 Å². The van der Waals surface area contributed by atoms with Gasteiger partial charge in [-0.1, -0.05) is 0 Å². The van der Waals surface area contributed by atoms with E-state index >= 15 is 0 Å². The molecule has 1 aliphatic heterocycles. The lowest BCUT2D eigenvalue weighted by molar-refractivity contribution is -0.149. The Morgan fingerprint density at radius 2 is 2.19 bits per heavy atom. The minimum atomic E-state index is -0.988. The third kappa shape index (κ3) is 1.26. The van der Waals surface area contributed by atoms with Crippen molar-refractivity contribution in [2.45, 2.75) is 43.8 Å². The highest BCUT2D eigenvalue weighted by atomic mass is 16.5. The molecular weight excluding hydrogens is 208 g/mol. The number of rotatable bonds is 0. The number of ether oxygens (including phenoxy) is 1. The Hall–Kier alpha value is -0.870. The number of aliphatic hydroxyl groups is 2. The van der Waals surface area contributed by atoms with Crippen LogP contribution in [0.3, 0.4) is 0 Å². The zero-order valence-corrected chi connectivity index (χ0v) is 9.06. The Bertz CT molecular complexity index is 362. The van der Waals surface area contributed by atoms with Gasteiger partial charge in [0.1, 0.15) is 5.76 Å². The highest BCUT2D eigenvalue weighted by Gasteiger charge is 2.54. The third-order valence-electron chi connectivity index (χ3n) is 4.34. The SMILES string of the molecule is O=C1CCC2C(=CCC3(O)C(O)CCC23)O1. The second kappa shape index (κ2) is 3.31. The molecule has 0 bridgehead atoms. The molecular formula is C12H16O4. The van der Waals surface area contributed by atoms with Gasteiger partial charge < -0.3 is 14.9 Å². The Morgan fingerprint density at radius 1 is 1.38 bits per heavy atom. The molecule has 0 radical (unpaired) electrons. The first kappa shape index (κ1) is 10.3. The van der Waals surface area contributed by atoms with E-state index in [1.807, 2.05) is 0 Å². The van der Waals surface area contributed by atoms with Crippen molar-refractivity contribution in [2.75, 3.05) is 0 Å². The average Bonchev–Trinajstić information content (AvgIpc) is 2.56. The van der Waals surface area contributed by atoms with E-state index < -0.39 is 11.7 Å². The summed E-state index contributed by atoms with van der Waals surface area (Å²) in [6.07, 6.45) is 4.18. The van der Waals surface area contributed by atoms with Crippen LogP contribution < -0.4 is 0 Å². The molecule has 0 spiro atoms. The van der Waals surface area contributed by atoms with Crippen molar-refractivity contribution < 1.29 is 19.7 Å². The smallest absolute Gasteiger partial charge is 0.310 e. The molecule has 2 aliphatic carbocycles. The summed E-state index contributed by atoms with van der Waals surface area (Å²) in [6, 6.07) is 0. The largest absolute Gasteiger partial charge is 0.431 e. The minimum Gasteiger partial charge on any atom is -0.431 e. The normalized spacial score (nSPS) is 46.8. The van der Waals surface area contributed by atoms with Crippen molar-refractivity contribution in [1.82, 2.24) is 0 Å². The summed E-state index contributed by atoms with van der Waals surface area (Å²) < 4.78 is 5.21. The van der Waals surface area contributed by atoms with Gasteiger partial charge in [0.2, 0.25) is 0 Å². The zero-order chi connectivity index (χ0) is 11.3. The molecule has 1 saturated carbocycles. The van der Waals surface area contributed by atoms with E-state index in [1.54, 1.807) is 6.08 Å². The van der Waals surface area contributed by atoms with Gasteiger partial charge in [-0.05, 0) is 25.3 Å². The van der Waals surface area contributed by atoms with Crippen LogP contribution in [-0.4, -0.2) is 27.9 Å². The Balaban J connectivity index is 1.93. The molecule has 16 heavy (non-hydrogen) atoms. The molecule has 4 atom stereocenters. The molecule has 0 aromatic rings. The van der Waals surface area contributed by atoms with Crippen LogP contribution in [0.25, 0.3) is 0 Å². The molecule has 0 aromatic carbocycles. The van der Waals surface area contributed by atoms with Gasteiger partial charge in [-0.15, -0.1) is 0 Å². The van der Waals surface area contributed by atoms with Crippen molar-refractivity contribution in [3.8, 4) is 0 Å². The van der Waals surface area contributed by atoms with Crippen molar-refractivity contribution in [3.05, 3.63) is 11.8 Å². The van der Waals surface area contributed by atoms with Gasteiger partial charge in [-0.25, -0.2) is 0 Å². The lowest BCUT2D eigenvalue weighted by Crippen LogP contribution is -2.49. The maximum absolute atomic E-state index is 11.2. The molecule has 1 heterocycles. The zero-order valence-electron chi connectivity index (χ0n) is 9.06. The first-order valence-corrected chi connectivity index (χ1v) is 5.92. The van der Waals surface area contributed by atoms with E-state index in [9.17, 15) is 15.0 Å². The molecule has 4 unspecified atom stereocenters. The number of allylic oxidation sites excluding steroid dienone is 1. The van der Waals surface area contributed by atoms with Gasteiger partial charge in [0.05, 0.1) is 11.7 Å². The minimum absolute atomic E-state index is 0.0515. The van der Waals surface area contributed by atoms with Gasteiger partial charge in [0.15, 0.2) is 0 Å². The molecule has 2 N–H and O–H groups in total. The summed E-state index contributed by atoms with van der Waals surface area (Å²) in [5.41, 5.74) is -0.988. The fourth-order valence-electron chi connectivity index (χ4n) is 3.45. The lowest BCUT2D eigenvalue weighted by atomic mass is 9.70. The maximum Gasteiger partial charge on any atom is 0.310 e. The molecule has 4 nitrogen and oxygen atoms in total. The molecule has 0 amide bonds. The highest BCUT2D eigenvalue weighted by Crippen LogP contribution is 2.51. The summed E-state index contributed by atoms with van der Waals surface area (Å²) in [7, 11) is 0. The Kier molecular flexibility index (Phi) is 2.13. The lowest BCUT2D eigenvalue weighted by Gasteiger charge is -2.42. The second-order valence-corrected chi connectivity index (χ2v) is 5.12. The topological polar surface area (TPSA) is 66.8 Å². The summed E-state index contributed by atoms with van der Waals surface area (Å²) >= 11 is 0. The van der Waals surface area contributed by atoms with E-state index in [1.165, 1.54) is 0 Å². The predicted molar refractivity (Wildman–Crippen MR) is 55.2 cm³/mol. The molecule has 4 heteroatoms. The van der Waals surface area contributed by atoms with Crippen molar-refractivity contribution in [1.29, 1.82) is 0 Å². The number of carbonyl (C=O) groups is 1. The Morgan fingerprint density at radius 3 is 3.00 bits per heavy atom. The molecule has 0 aromatic heterocycles. The van der Waals surface area contributed by atoms with Gasteiger partial charge in [0.25, 0.3) is 0 Å². The Labute approximate surface area is 93.9 Å². The summed E-state index contributed by atoms with van der Waals surface area (Å²) in [4.78, 5) is 11.2. The molecule has 2 fully saturated rings. The van der Waals surface area contributed by atoms with E-state index in [0.717, 1.165) is 18.6 Å². The van der Waals surface area contributed by atoms with Crippen LogP contribution in [0.15, 0.2) is 11.8 Å². The number of esters is 1. The van der Waals surface area contributed by atoms with Gasteiger partial charge in [-0.3, -0.25) is 4.79 Å². The third-order valence-corrected chi connectivity index (χ3v) is 4.34. The number of fused-ring (bicyclic) bond motifs is 3. The van der Waals surface area contributed by atoms with Crippen LogP contribution in [0.2, 0.25) is 0 Å². The van der Waals surface area contributed by atoms with Crippen molar-refractivity contribution in [2.24, 2.45) is 11.8 Å². The van der Waals surface area contributed by atoms with Crippen LogP contribution >= 0.6 is 0 Å². The fourth-order valence-corrected chi connectivity index (χ4v) is 3.45. The average molecular weight is 224 g/mol. The monoisotopic (exact) mass is 224 g/mol. The van der Waals surface area contributed by atoms with Crippen LogP contribution in [0.4, 0.5) is 0 Å². The highest BCUT2D eigenvalue weighted by molar-refractivity contribution is 5.72. The van der Waals surface area contributed by atoms with Crippen LogP contribution in [0.1, 0.15) is 32.1 Å². The van der Waals surface area contributed by atoms with Crippen LogP contribution in [-0.2, 0) is 9.53 Å². The van der Waals surface area contributed by atoms with E-state index in [2.05, 4.69) is 0 Å². The number of hydrogen-bond acceptors (Lipinski definition) is 4. The molecule has 3 rings (SSSR count). The van der Waals surface area contributed by atoms with E-state index in [4.69, 9.17) is 4.74 Å². The van der Waals surface area contributed by atoms with E-state index in [0.29, 0.717) is 19.3 Å².